The lowest BCUT2D eigenvalue weighted by molar-refractivity contribution is 0.579. The van der Waals surface area contributed by atoms with Crippen LogP contribution >= 0.6 is 35.3 Å². The zero-order valence-electron chi connectivity index (χ0n) is 13.2. The van der Waals surface area contributed by atoms with Gasteiger partial charge in [0, 0.05) is 29.9 Å². The summed E-state index contributed by atoms with van der Waals surface area (Å²) in [7, 11) is -1.37. The monoisotopic (exact) mass is 460 g/mol. The Morgan fingerprint density at radius 1 is 1.27 bits per heavy atom. The standard InChI is InChI=1S/C13H24N4O2S2.HI/c1-4-21(18,19)17-9-5-8-15-13(14-3)16-10-12-7-6-11(2)20-12;/h6-7,17H,4-5,8-10H2,1-3H3,(H2,14,15,16);1H. The van der Waals surface area contributed by atoms with Crippen LogP contribution in [0.4, 0.5) is 0 Å². The zero-order valence-corrected chi connectivity index (χ0v) is 17.1. The molecule has 0 aliphatic rings. The highest BCUT2D eigenvalue weighted by molar-refractivity contribution is 14.0. The number of thiophene rings is 1. The average Bonchev–Trinajstić information content (AvgIpc) is 2.87. The van der Waals surface area contributed by atoms with Crippen molar-refractivity contribution in [3.05, 3.63) is 21.9 Å². The molecular formula is C13H25IN4O2S2. The van der Waals surface area contributed by atoms with E-state index in [9.17, 15) is 8.42 Å². The minimum Gasteiger partial charge on any atom is -0.356 e. The van der Waals surface area contributed by atoms with Gasteiger partial charge in [-0.2, -0.15) is 0 Å². The number of guanidine groups is 1. The Hall–Kier alpha value is -0.390. The first kappa shape index (κ1) is 21.6. The molecule has 22 heavy (non-hydrogen) atoms. The van der Waals surface area contributed by atoms with E-state index in [-0.39, 0.29) is 29.7 Å². The summed E-state index contributed by atoms with van der Waals surface area (Å²) in [5.41, 5.74) is 0. The lowest BCUT2D eigenvalue weighted by Crippen LogP contribution is -2.38. The molecule has 0 aromatic carbocycles. The second-order valence-electron chi connectivity index (χ2n) is 4.52. The Bertz CT molecular complexity index is 558. The number of aliphatic imine (C=N–C) groups is 1. The van der Waals surface area contributed by atoms with Gasteiger partial charge in [-0.25, -0.2) is 13.1 Å². The Morgan fingerprint density at radius 3 is 2.55 bits per heavy atom. The predicted octanol–water partition coefficient (Wildman–Crippen LogP) is 1.67. The third-order valence-corrected chi connectivity index (χ3v) is 5.20. The molecule has 0 spiro atoms. The van der Waals surface area contributed by atoms with Crippen molar-refractivity contribution >= 4 is 51.3 Å². The molecular weight excluding hydrogens is 435 g/mol. The quantitative estimate of drug-likeness (QED) is 0.239. The summed E-state index contributed by atoms with van der Waals surface area (Å²) < 4.78 is 25.0. The predicted molar refractivity (Wildman–Crippen MR) is 105 cm³/mol. The number of rotatable bonds is 8. The van der Waals surface area contributed by atoms with Crippen molar-refractivity contribution in [3.8, 4) is 0 Å². The van der Waals surface area contributed by atoms with Crippen LogP contribution in [0.3, 0.4) is 0 Å². The summed E-state index contributed by atoms with van der Waals surface area (Å²) in [5.74, 6) is 0.837. The molecule has 9 heteroatoms. The van der Waals surface area contributed by atoms with Gasteiger partial charge < -0.3 is 10.6 Å². The molecule has 6 nitrogen and oxygen atoms in total. The fourth-order valence-corrected chi connectivity index (χ4v) is 3.09. The highest BCUT2D eigenvalue weighted by Gasteiger charge is 2.04. The van der Waals surface area contributed by atoms with Crippen molar-refractivity contribution in [1.29, 1.82) is 0 Å². The summed E-state index contributed by atoms with van der Waals surface area (Å²) in [6.45, 7) is 5.54. The van der Waals surface area contributed by atoms with Crippen molar-refractivity contribution in [2.24, 2.45) is 4.99 Å². The molecule has 1 aromatic heterocycles. The largest absolute Gasteiger partial charge is 0.356 e. The first-order valence-corrected chi connectivity index (χ1v) is 9.41. The summed E-state index contributed by atoms with van der Waals surface area (Å²) in [4.78, 5) is 6.68. The third-order valence-electron chi connectivity index (χ3n) is 2.80. The van der Waals surface area contributed by atoms with E-state index >= 15 is 0 Å². The van der Waals surface area contributed by atoms with E-state index in [0.717, 1.165) is 12.5 Å². The molecule has 1 rings (SSSR count). The molecule has 128 valence electrons. The SMILES string of the molecule is CCS(=O)(=O)NCCCNC(=NC)NCc1ccc(C)s1.I. The fraction of sp³-hybridized carbons (Fsp3) is 0.615. The van der Waals surface area contributed by atoms with Gasteiger partial charge in [0.05, 0.1) is 12.3 Å². The Morgan fingerprint density at radius 2 is 2.00 bits per heavy atom. The molecule has 0 radical (unpaired) electrons. The second kappa shape index (κ2) is 11.2. The van der Waals surface area contributed by atoms with Crippen LogP contribution in [0.5, 0.6) is 0 Å². The normalized spacial score (nSPS) is 11.9. The highest BCUT2D eigenvalue weighted by Crippen LogP contribution is 2.14. The van der Waals surface area contributed by atoms with Crippen LogP contribution in [0.15, 0.2) is 17.1 Å². The fourth-order valence-electron chi connectivity index (χ4n) is 1.60. The first-order valence-electron chi connectivity index (χ1n) is 6.94. The molecule has 0 atom stereocenters. The maximum absolute atomic E-state index is 11.2. The van der Waals surface area contributed by atoms with Crippen molar-refractivity contribution in [2.45, 2.75) is 26.8 Å². The number of hydrogen-bond donors (Lipinski definition) is 3. The van der Waals surface area contributed by atoms with Gasteiger partial charge in [0.25, 0.3) is 0 Å². The summed E-state index contributed by atoms with van der Waals surface area (Å²) in [6, 6.07) is 4.19. The number of aryl methyl sites for hydroxylation is 1. The number of halogens is 1. The molecule has 0 aliphatic heterocycles. The maximum atomic E-state index is 11.2. The van der Waals surface area contributed by atoms with Gasteiger partial charge in [-0.05, 0) is 32.4 Å². The molecule has 0 bridgehead atoms. The van der Waals surface area contributed by atoms with Crippen LogP contribution in [-0.2, 0) is 16.6 Å². The first-order chi connectivity index (χ1) is 9.96. The van der Waals surface area contributed by atoms with Gasteiger partial charge >= 0.3 is 0 Å². The van der Waals surface area contributed by atoms with Gasteiger partial charge in [-0.15, -0.1) is 35.3 Å². The van der Waals surface area contributed by atoms with Crippen LogP contribution in [0.25, 0.3) is 0 Å². The highest BCUT2D eigenvalue weighted by atomic mass is 127. The maximum Gasteiger partial charge on any atom is 0.211 e. The Kier molecular flexibility index (Phi) is 11.0. The van der Waals surface area contributed by atoms with Crippen molar-refractivity contribution in [2.75, 3.05) is 25.9 Å². The van der Waals surface area contributed by atoms with Crippen LogP contribution in [0.1, 0.15) is 23.1 Å². The average molecular weight is 460 g/mol. The van der Waals surface area contributed by atoms with Gasteiger partial charge in [0.2, 0.25) is 10.0 Å². The number of nitrogens with zero attached hydrogens (tertiary/aromatic N) is 1. The van der Waals surface area contributed by atoms with Gasteiger partial charge in [0.1, 0.15) is 0 Å². The molecule has 0 fully saturated rings. The Labute approximate surface area is 154 Å². The second-order valence-corrected chi connectivity index (χ2v) is 7.98. The van der Waals surface area contributed by atoms with Crippen LogP contribution < -0.4 is 15.4 Å². The van der Waals surface area contributed by atoms with E-state index in [4.69, 9.17) is 0 Å². The number of nitrogens with one attached hydrogen (secondary N) is 3. The van der Waals surface area contributed by atoms with E-state index in [2.05, 4.69) is 39.4 Å². The van der Waals surface area contributed by atoms with Crippen molar-refractivity contribution in [1.82, 2.24) is 15.4 Å². The molecule has 1 aromatic rings. The van der Waals surface area contributed by atoms with Crippen LogP contribution in [-0.4, -0.2) is 40.3 Å². The number of sulfonamides is 1. The molecule has 0 amide bonds. The van der Waals surface area contributed by atoms with Crippen LogP contribution in [0.2, 0.25) is 0 Å². The number of hydrogen-bond acceptors (Lipinski definition) is 4. The molecule has 0 aliphatic carbocycles. The molecule has 0 unspecified atom stereocenters. The Balaban J connectivity index is 0.00000441. The lowest BCUT2D eigenvalue weighted by Gasteiger charge is -2.11. The van der Waals surface area contributed by atoms with E-state index in [1.807, 2.05) is 0 Å². The molecule has 0 saturated carbocycles. The smallest absolute Gasteiger partial charge is 0.211 e. The van der Waals surface area contributed by atoms with E-state index in [1.54, 1.807) is 25.3 Å². The van der Waals surface area contributed by atoms with Gasteiger partial charge in [-0.3, -0.25) is 4.99 Å². The lowest BCUT2D eigenvalue weighted by atomic mass is 10.4. The van der Waals surface area contributed by atoms with E-state index in [1.165, 1.54) is 9.75 Å². The summed E-state index contributed by atoms with van der Waals surface area (Å²) in [6.07, 6.45) is 0.706. The summed E-state index contributed by atoms with van der Waals surface area (Å²) in [5, 5.41) is 6.39. The molecule has 1 heterocycles. The van der Waals surface area contributed by atoms with E-state index < -0.39 is 10.0 Å². The van der Waals surface area contributed by atoms with Crippen molar-refractivity contribution < 1.29 is 8.42 Å². The minimum atomic E-state index is -3.09. The summed E-state index contributed by atoms with van der Waals surface area (Å²) >= 11 is 1.76. The molecule has 3 N–H and O–H groups in total. The minimum absolute atomic E-state index is 0. The van der Waals surface area contributed by atoms with E-state index in [0.29, 0.717) is 19.5 Å². The van der Waals surface area contributed by atoms with Crippen LogP contribution in [0, 0.1) is 6.92 Å². The van der Waals surface area contributed by atoms with Crippen molar-refractivity contribution in [3.63, 3.8) is 0 Å². The zero-order chi connectivity index (χ0) is 15.7. The third kappa shape index (κ3) is 8.91. The van der Waals surface area contributed by atoms with Gasteiger partial charge in [-0.1, -0.05) is 0 Å². The van der Waals surface area contributed by atoms with Gasteiger partial charge in [0.15, 0.2) is 5.96 Å². The topological polar surface area (TPSA) is 82.6 Å². The molecule has 0 saturated heterocycles.